The fraction of sp³-hybridized carbons (Fsp3) is 0.241. The van der Waals surface area contributed by atoms with Crippen LogP contribution in [0.4, 0.5) is 27.5 Å². The number of rotatable bonds is 6. The Kier molecular flexibility index (Phi) is 7.06. The third-order valence-corrected chi connectivity index (χ3v) is 9.28. The molecule has 5 heterocycles. The molecular formula is C29H23IN6O5S. The van der Waals surface area contributed by atoms with Gasteiger partial charge in [-0.3, -0.25) is 14.6 Å². The number of urea groups is 1. The standard InChI is InChI=1S/C29H23IN6O5S/c30-11-17-3-6-20-25(41-15-40-20)24(17)36-23-18(12-31)13-32-28-21(23)22(34-29(36)38)26(42-28)27(37)33-19-4-1-16(2-5-19)14-35-7-9-39-10-8-35/h1-6,13H,7-11,14-15H2,(H,33,37)(H,34,38). The van der Waals surface area contributed by atoms with Gasteiger partial charge in [-0.2, -0.15) is 5.26 Å². The first kappa shape index (κ1) is 26.9. The van der Waals surface area contributed by atoms with Gasteiger partial charge in [0.1, 0.15) is 21.5 Å². The maximum absolute atomic E-state index is 13.8. The predicted octanol–water partition coefficient (Wildman–Crippen LogP) is 5.60. The van der Waals surface area contributed by atoms with Crippen molar-refractivity contribution >= 4 is 78.8 Å². The number of anilines is 4. The van der Waals surface area contributed by atoms with E-state index in [1.807, 2.05) is 36.4 Å². The summed E-state index contributed by atoms with van der Waals surface area (Å²) in [7, 11) is 0. The highest BCUT2D eigenvalue weighted by atomic mass is 127. The number of alkyl halides is 1. The summed E-state index contributed by atoms with van der Waals surface area (Å²) in [5, 5.41) is 16.4. The van der Waals surface area contributed by atoms with Gasteiger partial charge in [0.15, 0.2) is 11.5 Å². The van der Waals surface area contributed by atoms with Crippen molar-refractivity contribution in [3.05, 3.63) is 64.2 Å². The summed E-state index contributed by atoms with van der Waals surface area (Å²) in [6.07, 6.45) is 1.43. The summed E-state index contributed by atoms with van der Waals surface area (Å²) >= 11 is 3.38. The van der Waals surface area contributed by atoms with Crippen LogP contribution in [-0.2, 0) is 15.7 Å². The smallest absolute Gasteiger partial charge is 0.331 e. The molecule has 7 rings (SSSR count). The number of morpholine rings is 1. The zero-order valence-corrected chi connectivity index (χ0v) is 25.1. The number of aromatic nitrogens is 1. The topological polar surface area (TPSA) is 129 Å². The maximum Gasteiger partial charge on any atom is 0.331 e. The second kappa shape index (κ2) is 11.0. The Morgan fingerprint density at radius 3 is 2.71 bits per heavy atom. The number of nitrogens with one attached hydrogen (secondary N) is 2. The van der Waals surface area contributed by atoms with E-state index in [-0.39, 0.29) is 18.3 Å². The van der Waals surface area contributed by atoms with E-state index >= 15 is 0 Å². The van der Waals surface area contributed by atoms with E-state index in [1.165, 1.54) is 11.1 Å². The molecule has 0 saturated carbocycles. The summed E-state index contributed by atoms with van der Waals surface area (Å²) in [4.78, 5) is 36.4. The fourth-order valence-electron chi connectivity index (χ4n) is 5.37. The van der Waals surface area contributed by atoms with Crippen molar-refractivity contribution < 1.29 is 23.8 Å². The Labute approximate surface area is 258 Å². The number of carbonyl (C=O) groups is 2. The number of nitrogens with zero attached hydrogens (tertiary/aromatic N) is 4. The Balaban J connectivity index is 1.24. The Morgan fingerprint density at radius 2 is 1.95 bits per heavy atom. The third kappa shape index (κ3) is 4.60. The summed E-state index contributed by atoms with van der Waals surface area (Å²) in [6.45, 7) is 4.11. The number of hydrogen-bond acceptors (Lipinski definition) is 9. The van der Waals surface area contributed by atoms with Gasteiger partial charge in [0.25, 0.3) is 5.91 Å². The number of fused-ring (bicyclic) bond motifs is 1. The number of amides is 3. The van der Waals surface area contributed by atoms with Gasteiger partial charge in [0.2, 0.25) is 6.79 Å². The van der Waals surface area contributed by atoms with Gasteiger partial charge in [-0.15, -0.1) is 11.3 Å². The lowest BCUT2D eigenvalue weighted by Gasteiger charge is -2.31. The van der Waals surface area contributed by atoms with Crippen LogP contribution in [0.5, 0.6) is 11.5 Å². The van der Waals surface area contributed by atoms with Gasteiger partial charge in [-0.05, 0) is 29.3 Å². The van der Waals surface area contributed by atoms with E-state index in [0.717, 1.165) is 55.3 Å². The van der Waals surface area contributed by atoms with Gasteiger partial charge in [0.05, 0.1) is 35.5 Å². The number of benzene rings is 2. The average molecular weight is 695 g/mol. The Hall–Kier alpha value is -3.97. The lowest BCUT2D eigenvalue weighted by molar-refractivity contribution is 0.0342. The molecule has 3 amide bonds. The zero-order chi connectivity index (χ0) is 28.8. The first-order valence-electron chi connectivity index (χ1n) is 13.2. The number of halogens is 1. The fourth-order valence-corrected chi connectivity index (χ4v) is 6.98. The van der Waals surface area contributed by atoms with Crippen LogP contribution in [0.2, 0.25) is 0 Å². The molecule has 1 saturated heterocycles. The second-order valence-corrected chi connectivity index (χ2v) is 11.6. The van der Waals surface area contributed by atoms with Crippen molar-refractivity contribution in [2.75, 3.05) is 48.6 Å². The number of thiophene rings is 1. The van der Waals surface area contributed by atoms with E-state index in [2.05, 4.69) is 49.2 Å². The second-order valence-electron chi connectivity index (χ2n) is 9.86. The minimum atomic E-state index is -0.513. The van der Waals surface area contributed by atoms with Gasteiger partial charge < -0.3 is 24.8 Å². The van der Waals surface area contributed by atoms with Crippen molar-refractivity contribution in [1.29, 1.82) is 5.26 Å². The molecule has 4 aromatic rings. The molecule has 2 aromatic carbocycles. The molecule has 0 atom stereocenters. The number of carbonyl (C=O) groups excluding carboxylic acids is 2. The molecule has 0 bridgehead atoms. The molecule has 0 spiro atoms. The number of pyridine rings is 1. The van der Waals surface area contributed by atoms with E-state index in [0.29, 0.717) is 53.8 Å². The van der Waals surface area contributed by atoms with E-state index in [1.54, 1.807) is 0 Å². The monoisotopic (exact) mass is 694 g/mol. The predicted molar refractivity (Wildman–Crippen MR) is 166 cm³/mol. The van der Waals surface area contributed by atoms with E-state index in [4.69, 9.17) is 14.2 Å². The normalized spacial score (nSPS) is 15.9. The molecule has 1 fully saturated rings. The van der Waals surface area contributed by atoms with E-state index < -0.39 is 6.03 Å². The molecule has 0 radical (unpaired) electrons. The van der Waals surface area contributed by atoms with Crippen LogP contribution in [0.3, 0.4) is 0 Å². The maximum atomic E-state index is 13.8. The molecule has 0 unspecified atom stereocenters. The minimum Gasteiger partial charge on any atom is -0.454 e. The molecule has 0 aliphatic carbocycles. The summed E-state index contributed by atoms with van der Waals surface area (Å²) < 4.78 is 17.4. The zero-order valence-electron chi connectivity index (χ0n) is 22.1. The van der Waals surface area contributed by atoms with Gasteiger partial charge in [-0.1, -0.05) is 40.8 Å². The molecule has 2 aromatic heterocycles. The highest BCUT2D eigenvalue weighted by Crippen LogP contribution is 2.52. The van der Waals surface area contributed by atoms with Crippen molar-refractivity contribution in [2.24, 2.45) is 0 Å². The number of hydrogen-bond donors (Lipinski definition) is 2. The molecular weight excluding hydrogens is 671 g/mol. The summed E-state index contributed by atoms with van der Waals surface area (Å²) in [5.41, 5.74) is 4.00. The summed E-state index contributed by atoms with van der Waals surface area (Å²) in [6, 6.07) is 13.1. The minimum absolute atomic E-state index is 0.0293. The molecule has 3 aliphatic rings. The number of nitriles is 1. The van der Waals surface area contributed by atoms with E-state index in [9.17, 15) is 14.9 Å². The van der Waals surface area contributed by atoms with Gasteiger partial charge >= 0.3 is 6.03 Å². The highest BCUT2D eigenvalue weighted by Gasteiger charge is 2.38. The lowest BCUT2D eigenvalue weighted by Crippen LogP contribution is -2.35. The Morgan fingerprint density at radius 1 is 1.14 bits per heavy atom. The highest BCUT2D eigenvalue weighted by molar-refractivity contribution is 14.1. The third-order valence-electron chi connectivity index (χ3n) is 7.36. The van der Waals surface area contributed by atoms with Crippen LogP contribution in [0, 0.1) is 11.3 Å². The molecule has 13 heteroatoms. The molecule has 3 aliphatic heterocycles. The largest absolute Gasteiger partial charge is 0.454 e. The van der Waals surface area contributed by atoms with Crippen molar-refractivity contribution in [1.82, 2.24) is 9.88 Å². The van der Waals surface area contributed by atoms with Crippen LogP contribution >= 0.6 is 33.9 Å². The van der Waals surface area contributed by atoms with Crippen LogP contribution in [0.15, 0.2) is 42.6 Å². The molecule has 42 heavy (non-hydrogen) atoms. The van der Waals surface area contributed by atoms with Crippen LogP contribution < -0.4 is 25.0 Å². The molecule has 212 valence electrons. The molecule has 2 N–H and O–H groups in total. The summed E-state index contributed by atoms with van der Waals surface area (Å²) in [5.74, 6) is 0.571. The first-order valence-corrected chi connectivity index (χ1v) is 15.5. The van der Waals surface area contributed by atoms with Gasteiger partial charge in [-0.25, -0.2) is 9.78 Å². The Bertz CT molecular complexity index is 1780. The van der Waals surface area contributed by atoms with Crippen molar-refractivity contribution in [2.45, 2.75) is 11.0 Å². The first-order chi connectivity index (χ1) is 20.6. The SMILES string of the molecule is N#Cc1cnc2sc(C(=O)Nc3ccc(CN4CCOCC4)cc3)c3c2c1N(c1c(CI)ccc2c1OCO2)C(=O)N3. The van der Waals surface area contributed by atoms with Crippen molar-refractivity contribution in [3.63, 3.8) is 0 Å². The van der Waals surface area contributed by atoms with Crippen molar-refractivity contribution in [3.8, 4) is 17.6 Å². The quantitative estimate of drug-likeness (QED) is 0.197. The lowest BCUT2D eigenvalue weighted by atomic mass is 10.0. The van der Waals surface area contributed by atoms with Crippen LogP contribution in [0.1, 0.15) is 26.4 Å². The number of ether oxygens (including phenoxy) is 3. The average Bonchev–Trinajstić information content (AvgIpc) is 3.64. The van der Waals surface area contributed by atoms with Crippen LogP contribution in [-0.4, -0.2) is 54.9 Å². The van der Waals surface area contributed by atoms with Crippen LogP contribution in [0.25, 0.3) is 10.2 Å². The molecule has 11 nitrogen and oxygen atoms in total. The van der Waals surface area contributed by atoms with Gasteiger partial charge in [0, 0.05) is 35.9 Å².